The van der Waals surface area contributed by atoms with Gasteiger partial charge in [-0.15, -0.1) is 0 Å². The van der Waals surface area contributed by atoms with Crippen molar-refractivity contribution in [2.75, 3.05) is 6.61 Å². The Kier molecular flexibility index (Phi) is 6.05. The first-order valence-corrected chi connectivity index (χ1v) is 12.2. The number of fused-ring (bicyclic) bond motifs is 5. The van der Waals surface area contributed by atoms with Gasteiger partial charge in [0.1, 0.15) is 0 Å². The van der Waals surface area contributed by atoms with E-state index in [0.717, 1.165) is 18.4 Å². The summed E-state index contributed by atoms with van der Waals surface area (Å²) in [6.45, 7) is 5.85. The van der Waals surface area contributed by atoms with Gasteiger partial charge in [0, 0.05) is 16.7 Å². The van der Waals surface area contributed by atoms with E-state index >= 15 is 0 Å². The second kappa shape index (κ2) is 8.14. The third-order valence-electron chi connectivity index (χ3n) is 8.67. The van der Waals surface area contributed by atoms with Crippen molar-refractivity contribution >= 4 is 40.9 Å². The van der Waals surface area contributed by atoms with Gasteiger partial charge < -0.3 is 14.6 Å². The minimum Gasteiger partial charge on any atom is -0.463 e. The van der Waals surface area contributed by atoms with Crippen LogP contribution in [0.4, 0.5) is 0 Å². The lowest BCUT2D eigenvalue weighted by molar-refractivity contribution is -0.212. The highest BCUT2D eigenvalue weighted by Crippen LogP contribution is 2.68. The molecular weight excluding hydrogens is 455 g/mol. The number of esters is 2. The van der Waals surface area contributed by atoms with Crippen molar-refractivity contribution in [1.82, 2.24) is 0 Å². The summed E-state index contributed by atoms with van der Waals surface area (Å²) in [6, 6.07) is 0. The van der Waals surface area contributed by atoms with E-state index in [0.29, 0.717) is 12.8 Å². The van der Waals surface area contributed by atoms with Crippen molar-refractivity contribution in [3.8, 4) is 0 Å². The SMILES string of the molecule is CCOC(=O)[C@@]1(OC(=O)C(Cl)Cl)CC[C@H]2[C@@H]3CCC4=CC(=O)C=C[C@]4(C)[C@H]3C(O)C[C@@]21C. The fourth-order valence-electron chi connectivity index (χ4n) is 7.32. The van der Waals surface area contributed by atoms with Crippen molar-refractivity contribution in [2.24, 2.45) is 28.6 Å². The predicted octanol–water partition coefficient (Wildman–Crippen LogP) is 3.91. The Bertz CT molecular complexity index is 897. The molecule has 0 aromatic rings. The lowest BCUT2D eigenvalue weighted by atomic mass is 9.46. The van der Waals surface area contributed by atoms with Gasteiger partial charge in [-0.3, -0.25) is 4.79 Å². The van der Waals surface area contributed by atoms with E-state index in [4.69, 9.17) is 32.7 Å². The number of alkyl halides is 2. The van der Waals surface area contributed by atoms with Crippen LogP contribution in [0.2, 0.25) is 0 Å². The molecule has 0 spiro atoms. The number of ether oxygens (including phenoxy) is 2. The van der Waals surface area contributed by atoms with Gasteiger partial charge in [0.15, 0.2) is 5.78 Å². The molecule has 8 heteroatoms. The number of hydrogen-bond donors (Lipinski definition) is 1. The van der Waals surface area contributed by atoms with Crippen molar-refractivity contribution in [2.45, 2.75) is 69.4 Å². The molecule has 1 N–H and O–H groups in total. The number of halogens is 2. The van der Waals surface area contributed by atoms with Crippen molar-refractivity contribution in [3.63, 3.8) is 0 Å². The van der Waals surface area contributed by atoms with Gasteiger partial charge in [0.25, 0.3) is 0 Å². The zero-order valence-corrected chi connectivity index (χ0v) is 20.1. The lowest BCUT2D eigenvalue weighted by Gasteiger charge is -2.59. The highest BCUT2D eigenvalue weighted by atomic mass is 35.5. The Labute approximate surface area is 198 Å². The fourth-order valence-corrected chi connectivity index (χ4v) is 7.41. The largest absolute Gasteiger partial charge is 0.463 e. The maximum absolute atomic E-state index is 13.3. The number of hydrogen-bond acceptors (Lipinski definition) is 6. The molecule has 0 aromatic carbocycles. The summed E-state index contributed by atoms with van der Waals surface area (Å²) < 4.78 is 11.1. The van der Waals surface area contributed by atoms with Gasteiger partial charge in [-0.1, -0.05) is 48.7 Å². The molecule has 4 rings (SSSR count). The van der Waals surface area contributed by atoms with E-state index in [-0.39, 0.29) is 36.6 Å². The highest BCUT2D eigenvalue weighted by molar-refractivity contribution is 6.53. The van der Waals surface area contributed by atoms with Gasteiger partial charge in [-0.25, -0.2) is 9.59 Å². The van der Waals surface area contributed by atoms with Crippen LogP contribution in [0.5, 0.6) is 0 Å². The van der Waals surface area contributed by atoms with Gasteiger partial charge >= 0.3 is 11.9 Å². The molecule has 7 atom stereocenters. The molecule has 6 nitrogen and oxygen atoms in total. The Morgan fingerprint density at radius 3 is 2.66 bits per heavy atom. The standard InChI is InChI=1S/C24H30Cl2O6/c1-4-31-21(30)24(32-20(29)19(25)26)10-8-16-15-6-5-13-11-14(27)7-9-22(13,2)18(15)17(28)12-23(16,24)3/h7,9,11,15-19,28H,4-6,8,10,12H2,1-3H3/t15-,16-,17?,18+,22-,23-,24-/m0/s1. The molecule has 3 saturated carbocycles. The Balaban J connectivity index is 1.75. The van der Waals surface area contributed by atoms with Crippen LogP contribution in [0.15, 0.2) is 23.8 Å². The number of carbonyl (C=O) groups excluding carboxylic acids is 3. The number of aliphatic hydroxyl groups excluding tert-OH is 1. The molecule has 1 unspecified atom stereocenters. The van der Waals surface area contributed by atoms with E-state index < -0.39 is 39.3 Å². The number of aliphatic hydroxyl groups is 1. The normalized spacial score (nSPS) is 42.6. The highest BCUT2D eigenvalue weighted by Gasteiger charge is 2.71. The Morgan fingerprint density at radius 1 is 1.28 bits per heavy atom. The van der Waals surface area contributed by atoms with Gasteiger partial charge in [-0.05, 0) is 63.0 Å². The minimum atomic E-state index is -1.55. The van der Waals surface area contributed by atoms with Crippen LogP contribution in [0, 0.1) is 28.6 Å². The Morgan fingerprint density at radius 2 is 2.00 bits per heavy atom. The molecule has 0 saturated heterocycles. The van der Waals surface area contributed by atoms with Crippen LogP contribution in [0.1, 0.15) is 52.9 Å². The van der Waals surface area contributed by atoms with Gasteiger partial charge in [-0.2, -0.15) is 0 Å². The van der Waals surface area contributed by atoms with Crippen LogP contribution in [-0.2, 0) is 23.9 Å². The molecule has 0 bridgehead atoms. The van der Waals surface area contributed by atoms with Crippen molar-refractivity contribution in [3.05, 3.63) is 23.8 Å². The summed E-state index contributed by atoms with van der Waals surface area (Å²) in [5.41, 5.74) is -1.74. The minimum absolute atomic E-state index is 0.0168. The quantitative estimate of drug-likeness (QED) is 0.480. The average molecular weight is 485 g/mol. The molecule has 176 valence electrons. The molecule has 0 amide bonds. The second-order valence-electron chi connectivity index (χ2n) is 10.0. The molecule has 0 radical (unpaired) electrons. The third kappa shape index (κ3) is 3.28. The third-order valence-corrected chi connectivity index (χ3v) is 9.03. The van der Waals surface area contributed by atoms with Crippen LogP contribution >= 0.6 is 23.2 Å². The summed E-state index contributed by atoms with van der Waals surface area (Å²) in [6.07, 6.45) is 7.25. The molecule has 4 aliphatic rings. The van der Waals surface area contributed by atoms with Crippen LogP contribution in [0.25, 0.3) is 0 Å². The Hall–Kier alpha value is -1.37. The van der Waals surface area contributed by atoms with E-state index in [2.05, 4.69) is 6.92 Å². The molecule has 0 aromatic heterocycles. The topological polar surface area (TPSA) is 89.9 Å². The molecule has 0 aliphatic heterocycles. The van der Waals surface area contributed by atoms with E-state index in [9.17, 15) is 19.5 Å². The monoisotopic (exact) mass is 484 g/mol. The summed E-state index contributed by atoms with van der Waals surface area (Å²) >= 11 is 11.5. The summed E-state index contributed by atoms with van der Waals surface area (Å²) in [5.74, 6) is -1.47. The molecule has 32 heavy (non-hydrogen) atoms. The average Bonchev–Trinajstić information content (AvgIpc) is 3.01. The molecule has 4 aliphatic carbocycles. The summed E-state index contributed by atoms with van der Waals surface area (Å²) in [4.78, 5) is 36.3. The second-order valence-corrected chi connectivity index (χ2v) is 11.1. The van der Waals surface area contributed by atoms with E-state index in [1.165, 1.54) is 0 Å². The van der Waals surface area contributed by atoms with Crippen molar-refractivity contribution < 1.29 is 29.0 Å². The van der Waals surface area contributed by atoms with E-state index in [1.807, 2.05) is 13.0 Å². The molecular formula is C24H30Cl2O6. The van der Waals surface area contributed by atoms with E-state index in [1.54, 1.807) is 19.1 Å². The van der Waals surface area contributed by atoms with Gasteiger partial charge in [0.05, 0.1) is 12.7 Å². The van der Waals surface area contributed by atoms with Crippen LogP contribution < -0.4 is 0 Å². The van der Waals surface area contributed by atoms with Gasteiger partial charge in [0.2, 0.25) is 10.4 Å². The van der Waals surface area contributed by atoms with Crippen molar-refractivity contribution in [1.29, 1.82) is 0 Å². The zero-order valence-electron chi connectivity index (χ0n) is 18.6. The molecule has 0 heterocycles. The number of carbonyl (C=O) groups is 3. The first-order chi connectivity index (χ1) is 15.0. The smallest absolute Gasteiger partial charge is 0.351 e. The van der Waals surface area contributed by atoms with Crippen LogP contribution in [0.3, 0.4) is 0 Å². The summed E-state index contributed by atoms with van der Waals surface area (Å²) in [5, 5.41) is 11.5. The fraction of sp³-hybridized carbons (Fsp3) is 0.708. The van der Waals surface area contributed by atoms with Crippen LogP contribution in [-0.4, -0.2) is 46.0 Å². The first kappa shape index (κ1) is 23.8. The zero-order chi connectivity index (χ0) is 23.5. The molecule has 3 fully saturated rings. The number of ketones is 1. The lowest BCUT2D eigenvalue weighted by Crippen LogP contribution is -2.63. The summed E-state index contributed by atoms with van der Waals surface area (Å²) in [7, 11) is 0. The maximum atomic E-state index is 13.3. The number of allylic oxidation sites excluding steroid dienone is 4. The first-order valence-electron chi connectivity index (χ1n) is 11.3. The number of rotatable bonds is 4. The predicted molar refractivity (Wildman–Crippen MR) is 119 cm³/mol. The maximum Gasteiger partial charge on any atom is 0.351 e.